The molecule has 0 heterocycles. The Morgan fingerprint density at radius 1 is 1.05 bits per heavy atom. The second kappa shape index (κ2) is 12.5. The lowest BCUT2D eigenvalue weighted by Gasteiger charge is -2.31. The van der Waals surface area contributed by atoms with Gasteiger partial charge in [0.15, 0.2) is 11.6 Å². The third-order valence-corrected chi connectivity index (χ3v) is 9.08. The van der Waals surface area contributed by atoms with Crippen LogP contribution in [0, 0.1) is 22.9 Å². The molecule has 2 aromatic carbocycles. The number of thioether (sulfide) groups is 1. The first-order valence-electron chi connectivity index (χ1n) is 12.3. The first-order valence-corrected chi connectivity index (χ1v) is 14.7. The number of carbonyl (C=O) groups is 1. The molecule has 1 fully saturated rings. The highest BCUT2D eigenvalue weighted by Gasteiger charge is 2.37. The first kappa shape index (κ1) is 29.3. The van der Waals surface area contributed by atoms with Crippen molar-refractivity contribution in [3.8, 4) is 0 Å². The predicted molar refractivity (Wildman–Crippen MR) is 141 cm³/mol. The number of nitrogens with zero attached hydrogens (tertiary/aromatic N) is 1. The fraction of sp³-hybridized carbons (Fsp3) is 0.500. The molecule has 204 valence electrons. The SMILES string of the molecule is CN(C)CC[C@H](CSc1ccc(F)cc1)Nc1c(F)cc(S(=O)(=O)NC(=O)C2(C)CCCCC2)cc1F. The molecular weight excluding hydrogens is 523 g/mol. The van der Waals surface area contributed by atoms with Gasteiger partial charge in [-0.15, -0.1) is 11.8 Å². The van der Waals surface area contributed by atoms with Crippen LogP contribution in [0.3, 0.4) is 0 Å². The number of anilines is 1. The lowest BCUT2D eigenvalue weighted by Crippen LogP contribution is -2.43. The minimum absolute atomic E-state index is 0.352. The van der Waals surface area contributed by atoms with E-state index < -0.39 is 43.6 Å². The number of rotatable bonds is 11. The third-order valence-electron chi connectivity index (χ3n) is 6.60. The van der Waals surface area contributed by atoms with Crippen LogP contribution >= 0.6 is 11.8 Å². The standard InChI is InChI=1S/C26H34F3N3O3S2/c1-26(12-5-4-6-13-26)25(33)31-37(34,35)21-15-22(28)24(23(29)16-21)30-19(11-14-32(2)3)17-36-20-9-7-18(27)8-10-20/h7-10,15-16,19,30H,4-6,11-14,17H2,1-3H3,(H,31,33)/t19-/m1/s1. The first-order chi connectivity index (χ1) is 17.4. The number of nitrogens with one attached hydrogen (secondary N) is 2. The van der Waals surface area contributed by atoms with Gasteiger partial charge in [-0.2, -0.15) is 0 Å². The van der Waals surface area contributed by atoms with Crippen LogP contribution in [0.5, 0.6) is 0 Å². The van der Waals surface area contributed by atoms with Crippen molar-refractivity contribution in [2.45, 2.75) is 61.3 Å². The van der Waals surface area contributed by atoms with Crippen molar-refractivity contribution in [2.24, 2.45) is 5.41 Å². The molecular formula is C26H34F3N3O3S2. The highest BCUT2D eigenvalue weighted by molar-refractivity contribution is 7.99. The van der Waals surface area contributed by atoms with Gasteiger partial charge in [0, 0.05) is 22.1 Å². The van der Waals surface area contributed by atoms with E-state index in [2.05, 4.69) is 5.32 Å². The van der Waals surface area contributed by atoms with Gasteiger partial charge in [-0.3, -0.25) is 4.79 Å². The Morgan fingerprint density at radius 2 is 1.65 bits per heavy atom. The average Bonchev–Trinajstić information content (AvgIpc) is 2.83. The van der Waals surface area contributed by atoms with Crippen LogP contribution in [0.15, 0.2) is 46.2 Å². The van der Waals surface area contributed by atoms with E-state index >= 15 is 8.78 Å². The van der Waals surface area contributed by atoms with E-state index in [-0.39, 0.29) is 11.9 Å². The minimum Gasteiger partial charge on any atom is -0.377 e. The normalized spacial score (nSPS) is 16.4. The van der Waals surface area contributed by atoms with Gasteiger partial charge in [-0.1, -0.05) is 26.2 Å². The van der Waals surface area contributed by atoms with Crippen LogP contribution in [0.2, 0.25) is 0 Å². The molecule has 6 nitrogen and oxygen atoms in total. The largest absolute Gasteiger partial charge is 0.377 e. The second-order valence-electron chi connectivity index (χ2n) is 10.0. The van der Waals surface area contributed by atoms with Crippen LogP contribution in [-0.4, -0.2) is 51.7 Å². The maximum atomic E-state index is 15.0. The molecule has 0 spiro atoms. The van der Waals surface area contributed by atoms with Crippen molar-refractivity contribution in [3.05, 3.63) is 53.8 Å². The molecule has 0 bridgehead atoms. The number of carbonyl (C=O) groups excluding carboxylic acids is 1. The Labute approximate surface area is 221 Å². The molecule has 1 saturated carbocycles. The molecule has 1 amide bonds. The van der Waals surface area contributed by atoms with Crippen molar-refractivity contribution in [1.29, 1.82) is 0 Å². The maximum absolute atomic E-state index is 15.0. The lowest BCUT2D eigenvalue weighted by atomic mass is 9.75. The van der Waals surface area contributed by atoms with E-state index in [1.807, 2.05) is 23.7 Å². The van der Waals surface area contributed by atoms with Gasteiger partial charge in [0.05, 0.1) is 4.90 Å². The fourth-order valence-corrected chi connectivity index (χ4v) is 6.35. The molecule has 3 rings (SSSR count). The van der Waals surface area contributed by atoms with Crippen molar-refractivity contribution in [1.82, 2.24) is 9.62 Å². The van der Waals surface area contributed by atoms with Crippen LogP contribution in [0.1, 0.15) is 45.4 Å². The Morgan fingerprint density at radius 3 is 2.22 bits per heavy atom. The monoisotopic (exact) mass is 557 g/mol. The van der Waals surface area contributed by atoms with Gasteiger partial charge in [0.2, 0.25) is 5.91 Å². The van der Waals surface area contributed by atoms with Crippen molar-refractivity contribution < 1.29 is 26.4 Å². The number of hydrogen-bond acceptors (Lipinski definition) is 6. The summed E-state index contributed by atoms with van der Waals surface area (Å²) in [6, 6.07) is 7.03. The van der Waals surface area contributed by atoms with Crippen LogP contribution in [0.4, 0.5) is 18.9 Å². The number of benzene rings is 2. The molecule has 0 aliphatic heterocycles. The summed E-state index contributed by atoms with van der Waals surface area (Å²) in [5.74, 6) is -2.71. The van der Waals surface area contributed by atoms with E-state index in [4.69, 9.17) is 0 Å². The zero-order chi connectivity index (χ0) is 27.2. The summed E-state index contributed by atoms with van der Waals surface area (Å²) in [7, 11) is -0.693. The molecule has 1 aliphatic carbocycles. The fourth-order valence-electron chi connectivity index (χ4n) is 4.25. The molecule has 2 N–H and O–H groups in total. The van der Waals surface area contributed by atoms with Gasteiger partial charge in [-0.05, 0) is 76.3 Å². The van der Waals surface area contributed by atoms with Crippen molar-refractivity contribution in [3.63, 3.8) is 0 Å². The number of hydrogen-bond donors (Lipinski definition) is 2. The van der Waals surface area contributed by atoms with Gasteiger partial charge in [0.25, 0.3) is 10.0 Å². The quantitative estimate of drug-likeness (QED) is 0.360. The summed E-state index contributed by atoms with van der Waals surface area (Å²) in [5.41, 5.74) is -1.26. The van der Waals surface area contributed by atoms with Crippen LogP contribution in [0.25, 0.3) is 0 Å². The highest BCUT2D eigenvalue weighted by atomic mass is 32.2. The van der Waals surface area contributed by atoms with Gasteiger partial charge in [0.1, 0.15) is 11.5 Å². The van der Waals surface area contributed by atoms with E-state index in [9.17, 15) is 17.6 Å². The number of sulfonamides is 1. The van der Waals surface area contributed by atoms with Gasteiger partial charge >= 0.3 is 0 Å². The summed E-state index contributed by atoms with van der Waals surface area (Å²) in [5, 5.41) is 2.88. The molecule has 37 heavy (non-hydrogen) atoms. The zero-order valence-corrected chi connectivity index (χ0v) is 23.0. The highest BCUT2D eigenvalue weighted by Crippen LogP contribution is 2.36. The average molecular weight is 558 g/mol. The molecule has 0 saturated heterocycles. The Hall–Kier alpha value is -2.24. The maximum Gasteiger partial charge on any atom is 0.264 e. The van der Waals surface area contributed by atoms with Crippen LogP contribution < -0.4 is 10.0 Å². The summed E-state index contributed by atoms with van der Waals surface area (Å²) in [6.07, 6.45) is 4.30. The zero-order valence-electron chi connectivity index (χ0n) is 21.3. The van der Waals surface area contributed by atoms with Gasteiger partial charge in [-0.25, -0.2) is 26.3 Å². The Balaban J connectivity index is 1.75. The second-order valence-corrected chi connectivity index (χ2v) is 12.8. The Kier molecular flexibility index (Phi) is 9.93. The van der Waals surface area contributed by atoms with E-state index in [1.54, 1.807) is 19.1 Å². The third kappa shape index (κ3) is 8.12. The van der Waals surface area contributed by atoms with Crippen molar-refractivity contribution >= 4 is 33.4 Å². The van der Waals surface area contributed by atoms with Crippen LogP contribution in [-0.2, 0) is 14.8 Å². The molecule has 1 aliphatic rings. The topological polar surface area (TPSA) is 78.5 Å². The van der Waals surface area contributed by atoms with Gasteiger partial charge < -0.3 is 10.2 Å². The lowest BCUT2D eigenvalue weighted by molar-refractivity contribution is -0.129. The minimum atomic E-state index is -4.46. The molecule has 11 heteroatoms. The summed E-state index contributed by atoms with van der Waals surface area (Å²) in [4.78, 5) is 14.8. The molecule has 0 radical (unpaired) electrons. The van der Waals surface area contributed by atoms with E-state index in [1.165, 1.54) is 23.9 Å². The van der Waals surface area contributed by atoms with E-state index in [0.29, 0.717) is 31.6 Å². The summed E-state index contributed by atoms with van der Waals surface area (Å²) < 4.78 is 70.9. The smallest absolute Gasteiger partial charge is 0.264 e. The summed E-state index contributed by atoms with van der Waals surface area (Å²) in [6.45, 7) is 2.35. The molecule has 0 aromatic heterocycles. The number of amides is 1. The molecule has 2 aromatic rings. The Bertz CT molecular complexity index is 1160. The predicted octanol–water partition coefficient (Wildman–Crippen LogP) is 5.40. The van der Waals surface area contributed by atoms with E-state index in [0.717, 1.165) is 36.3 Å². The number of halogens is 3. The summed E-state index contributed by atoms with van der Waals surface area (Å²) >= 11 is 1.41. The van der Waals surface area contributed by atoms with Crippen molar-refractivity contribution in [2.75, 3.05) is 31.7 Å². The molecule has 0 unspecified atom stereocenters. The molecule has 1 atom stereocenters.